The average Bonchev–Trinajstić information content (AvgIpc) is 3.13. The number of amides is 1. The van der Waals surface area contributed by atoms with Crippen LogP contribution in [0.5, 0.6) is 0 Å². The minimum absolute atomic E-state index is 0.402. The number of rotatable bonds is 1. The Labute approximate surface area is 148 Å². The van der Waals surface area contributed by atoms with Crippen LogP contribution in [-0.4, -0.2) is 11.5 Å². The highest BCUT2D eigenvalue weighted by molar-refractivity contribution is 6.30. The van der Waals surface area contributed by atoms with Crippen molar-refractivity contribution < 1.29 is 14.3 Å². The highest BCUT2D eigenvalue weighted by Crippen LogP contribution is 2.55. The summed E-state index contributed by atoms with van der Waals surface area (Å²) in [5.41, 5.74) is -2.54. The van der Waals surface area contributed by atoms with Gasteiger partial charge in [-0.3, -0.25) is 4.79 Å². The standard InChI is InChI=1S/C18H10ClN3O3/c19-12-7-5-11(6-8-12)15-24-17(9-20,10-21)18(25-15)13-3-1-2-4-14(13)22-16(18)23/h1-8,15H,(H,22,23)/t15-,18+/m0/s1. The lowest BCUT2D eigenvalue weighted by molar-refractivity contribution is -0.143. The fraction of sp³-hybridized carbons (Fsp3) is 0.167. The molecular weight excluding hydrogens is 342 g/mol. The lowest BCUT2D eigenvalue weighted by Gasteiger charge is -2.27. The van der Waals surface area contributed by atoms with Gasteiger partial charge in [0.05, 0.1) is 0 Å². The molecule has 1 spiro atoms. The van der Waals surface area contributed by atoms with Crippen molar-refractivity contribution in [2.24, 2.45) is 0 Å². The van der Waals surface area contributed by atoms with Gasteiger partial charge >= 0.3 is 0 Å². The summed E-state index contributed by atoms with van der Waals surface area (Å²) in [6.07, 6.45) is -1.06. The third kappa shape index (κ3) is 1.93. The van der Waals surface area contributed by atoms with Crippen molar-refractivity contribution in [3.05, 3.63) is 64.7 Å². The van der Waals surface area contributed by atoms with E-state index in [-0.39, 0.29) is 0 Å². The molecule has 6 nitrogen and oxygen atoms in total. The third-order valence-corrected chi connectivity index (χ3v) is 4.65. The molecule has 2 aromatic rings. The molecule has 2 aliphatic heterocycles. The fourth-order valence-corrected chi connectivity index (χ4v) is 3.33. The molecular formula is C18H10ClN3O3. The minimum Gasteiger partial charge on any atom is -0.323 e. The van der Waals surface area contributed by atoms with Crippen molar-refractivity contribution in [2.75, 3.05) is 5.32 Å². The number of nitrogens with zero attached hydrogens (tertiary/aromatic N) is 2. The van der Waals surface area contributed by atoms with Gasteiger partial charge in [0.2, 0.25) is 5.60 Å². The Morgan fingerprint density at radius 3 is 2.40 bits per heavy atom. The number of hydrogen-bond acceptors (Lipinski definition) is 5. The molecule has 0 unspecified atom stereocenters. The third-order valence-electron chi connectivity index (χ3n) is 4.39. The number of nitrogens with one attached hydrogen (secondary N) is 1. The van der Waals surface area contributed by atoms with Gasteiger partial charge in [0, 0.05) is 21.8 Å². The van der Waals surface area contributed by atoms with Crippen molar-refractivity contribution in [2.45, 2.75) is 17.5 Å². The molecule has 2 atom stereocenters. The molecule has 1 saturated heterocycles. The zero-order chi connectivity index (χ0) is 17.7. The topological polar surface area (TPSA) is 95.1 Å². The first-order chi connectivity index (χ1) is 12.1. The second-order valence-corrected chi connectivity index (χ2v) is 6.14. The molecule has 25 heavy (non-hydrogen) atoms. The lowest BCUT2D eigenvalue weighted by Crippen LogP contribution is -2.52. The molecule has 7 heteroatoms. The summed E-state index contributed by atoms with van der Waals surface area (Å²) in [5.74, 6) is -0.603. The Morgan fingerprint density at radius 1 is 1.04 bits per heavy atom. The SMILES string of the molecule is N#CC1(C#N)O[C@H](c2ccc(Cl)cc2)O[C@]12C(=O)Nc1ccccc12. The molecule has 4 rings (SSSR count). The zero-order valence-corrected chi connectivity index (χ0v) is 13.4. The highest BCUT2D eigenvalue weighted by atomic mass is 35.5. The first kappa shape index (κ1) is 15.6. The number of hydrogen-bond donors (Lipinski definition) is 1. The van der Waals surface area contributed by atoms with Crippen LogP contribution in [0, 0.1) is 22.7 Å². The zero-order valence-electron chi connectivity index (χ0n) is 12.7. The van der Waals surface area contributed by atoms with Gasteiger partial charge in [0.25, 0.3) is 11.5 Å². The van der Waals surface area contributed by atoms with E-state index < -0.39 is 23.4 Å². The average molecular weight is 352 g/mol. The van der Waals surface area contributed by atoms with Crippen LogP contribution in [0.15, 0.2) is 48.5 Å². The van der Waals surface area contributed by atoms with Gasteiger partial charge in [-0.05, 0) is 18.2 Å². The molecule has 1 N–H and O–H groups in total. The van der Waals surface area contributed by atoms with Gasteiger partial charge in [-0.25, -0.2) is 0 Å². The summed E-state index contributed by atoms with van der Waals surface area (Å²) in [5, 5.41) is 22.6. The van der Waals surface area contributed by atoms with Crippen molar-refractivity contribution >= 4 is 23.2 Å². The number of ether oxygens (including phenoxy) is 2. The maximum absolute atomic E-state index is 12.8. The number of para-hydroxylation sites is 1. The summed E-state index contributed by atoms with van der Waals surface area (Å²) in [7, 11) is 0. The smallest absolute Gasteiger partial charge is 0.286 e. The number of benzene rings is 2. The van der Waals surface area contributed by atoms with Crippen molar-refractivity contribution in [3.63, 3.8) is 0 Å². The monoisotopic (exact) mass is 351 g/mol. The van der Waals surface area contributed by atoms with Crippen LogP contribution in [0.4, 0.5) is 5.69 Å². The second kappa shape index (κ2) is 5.30. The molecule has 1 fully saturated rings. The number of carbonyl (C=O) groups excluding carboxylic acids is 1. The van der Waals surface area contributed by atoms with Crippen molar-refractivity contribution in [3.8, 4) is 12.1 Å². The maximum Gasteiger partial charge on any atom is 0.286 e. The first-order valence-electron chi connectivity index (χ1n) is 7.41. The summed E-state index contributed by atoms with van der Waals surface area (Å²) in [6.45, 7) is 0. The van der Waals surface area contributed by atoms with E-state index in [2.05, 4.69) is 5.32 Å². The summed E-state index contributed by atoms with van der Waals surface area (Å²) < 4.78 is 11.6. The van der Waals surface area contributed by atoms with Crippen LogP contribution < -0.4 is 5.32 Å². The van der Waals surface area contributed by atoms with Crippen LogP contribution in [0.3, 0.4) is 0 Å². The van der Waals surface area contributed by atoms with Crippen LogP contribution in [0.25, 0.3) is 0 Å². The van der Waals surface area contributed by atoms with E-state index in [1.54, 1.807) is 48.5 Å². The number of carbonyl (C=O) groups is 1. The highest BCUT2D eigenvalue weighted by Gasteiger charge is 2.71. The predicted octanol–water partition coefficient (Wildman–Crippen LogP) is 3.02. The molecule has 0 saturated carbocycles. The fourth-order valence-electron chi connectivity index (χ4n) is 3.20. The van der Waals surface area contributed by atoms with Gasteiger partial charge in [-0.15, -0.1) is 0 Å². The molecule has 2 heterocycles. The van der Waals surface area contributed by atoms with Gasteiger partial charge in [-0.1, -0.05) is 41.9 Å². The van der Waals surface area contributed by atoms with Crippen LogP contribution in [0.1, 0.15) is 17.4 Å². The summed E-state index contributed by atoms with van der Waals surface area (Å²) >= 11 is 5.89. The largest absolute Gasteiger partial charge is 0.323 e. The van der Waals surface area contributed by atoms with Gasteiger partial charge < -0.3 is 14.8 Å². The van der Waals surface area contributed by atoms with E-state index in [0.717, 1.165) is 0 Å². The Hall–Kier alpha value is -2.90. The van der Waals surface area contributed by atoms with E-state index in [1.807, 2.05) is 12.1 Å². The van der Waals surface area contributed by atoms with E-state index in [9.17, 15) is 15.3 Å². The predicted molar refractivity (Wildman–Crippen MR) is 87.1 cm³/mol. The molecule has 0 aromatic heterocycles. The van der Waals surface area contributed by atoms with Crippen LogP contribution in [-0.2, 0) is 19.9 Å². The van der Waals surface area contributed by atoms with Gasteiger partial charge in [0.15, 0.2) is 6.29 Å². The molecule has 0 radical (unpaired) electrons. The minimum atomic E-state index is -2.12. The van der Waals surface area contributed by atoms with E-state index in [0.29, 0.717) is 21.8 Å². The number of anilines is 1. The summed E-state index contributed by atoms with van der Waals surface area (Å²) in [4.78, 5) is 12.8. The second-order valence-electron chi connectivity index (χ2n) is 5.70. The molecule has 2 aromatic carbocycles. The number of nitriles is 2. The van der Waals surface area contributed by atoms with Crippen LogP contribution in [0.2, 0.25) is 5.02 Å². The van der Waals surface area contributed by atoms with E-state index in [1.165, 1.54) is 0 Å². The van der Waals surface area contributed by atoms with Gasteiger partial charge in [0.1, 0.15) is 12.1 Å². The Balaban J connectivity index is 1.90. The van der Waals surface area contributed by atoms with E-state index >= 15 is 0 Å². The maximum atomic E-state index is 12.8. The van der Waals surface area contributed by atoms with Gasteiger partial charge in [-0.2, -0.15) is 10.5 Å². The Morgan fingerprint density at radius 2 is 1.72 bits per heavy atom. The van der Waals surface area contributed by atoms with E-state index in [4.69, 9.17) is 21.1 Å². The first-order valence-corrected chi connectivity index (χ1v) is 7.79. The molecule has 0 bridgehead atoms. The number of fused-ring (bicyclic) bond motifs is 2. The Kier molecular flexibility index (Phi) is 3.31. The quantitative estimate of drug-likeness (QED) is 0.852. The Bertz CT molecular complexity index is 947. The summed E-state index contributed by atoms with van der Waals surface area (Å²) in [6, 6.07) is 17.1. The lowest BCUT2D eigenvalue weighted by atomic mass is 9.80. The molecule has 1 amide bonds. The number of halogens is 1. The molecule has 0 aliphatic carbocycles. The molecule has 122 valence electrons. The van der Waals surface area contributed by atoms with Crippen molar-refractivity contribution in [1.29, 1.82) is 10.5 Å². The van der Waals surface area contributed by atoms with Crippen molar-refractivity contribution in [1.82, 2.24) is 0 Å². The normalized spacial score (nSPS) is 25.9. The molecule has 2 aliphatic rings. The van der Waals surface area contributed by atoms with Crippen LogP contribution >= 0.6 is 11.6 Å².